The topological polar surface area (TPSA) is 55.6 Å². The highest BCUT2D eigenvalue weighted by Gasteiger charge is 2.18. The van der Waals surface area contributed by atoms with Crippen LogP contribution in [0.15, 0.2) is 18.3 Å². The molecule has 0 spiro atoms. The average molecular weight is 273 g/mol. The van der Waals surface area contributed by atoms with E-state index in [4.69, 9.17) is 0 Å². The van der Waals surface area contributed by atoms with Gasteiger partial charge in [0.25, 0.3) is 0 Å². The fourth-order valence-corrected chi connectivity index (χ4v) is 2.51. The predicted octanol–water partition coefficient (Wildman–Crippen LogP) is 2.38. The van der Waals surface area contributed by atoms with Crippen LogP contribution < -0.4 is 5.32 Å². The lowest BCUT2D eigenvalue weighted by molar-refractivity contribution is 0.546. The normalized spacial score (nSPS) is 12.9. The second kappa shape index (κ2) is 6.13. The summed E-state index contributed by atoms with van der Waals surface area (Å²) in [5, 5.41) is 16.2. The molecule has 5 nitrogen and oxygen atoms in total. The molecule has 0 aliphatic carbocycles. The highest BCUT2D eigenvalue weighted by atomic mass is 15.3. The first-order valence-electron chi connectivity index (χ1n) is 7.08. The van der Waals surface area contributed by atoms with Gasteiger partial charge in [-0.15, -0.1) is 5.10 Å². The Labute approximate surface area is 120 Å². The van der Waals surface area contributed by atoms with Crippen LogP contribution in [-0.4, -0.2) is 32.6 Å². The molecule has 0 aliphatic rings. The Morgan fingerprint density at radius 2 is 2.00 bits per heavy atom. The van der Waals surface area contributed by atoms with E-state index in [1.54, 1.807) is 6.20 Å². The third-order valence-electron chi connectivity index (χ3n) is 3.45. The molecule has 20 heavy (non-hydrogen) atoms. The molecule has 0 fully saturated rings. The molecule has 1 unspecified atom stereocenters. The summed E-state index contributed by atoms with van der Waals surface area (Å²) in [4.78, 5) is 0. The van der Waals surface area contributed by atoms with Crippen molar-refractivity contribution in [2.45, 2.75) is 46.6 Å². The van der Waals surface area contributed by atoms with Crippen LogP contribution in [0.5, 0.6) is 0 Å². The lowest BCUT2D eigenvalue weighted by Crippen LogP contribution is -2.27. The largest absolute Gasteiger partial charge is 0.314 e. The zero-order valence-electron chi connectivity index (χ0n) is 12.9. The maximum atomic E-state index is 4.61. The van der Waals surface area contributed by atoms with Crippen LogP contribution in [0.2, 0.25) is 0 Å². The molecule has 0 aliphatic heterocycles. The summed E-state index contributed by atoms with van der Waals surface area (Å²) in [6, 6.07) is 4.29. The van der Waals surface area contributed by atoms with Gasteiger partial charge in [0, 0.05) is 30.0 Å². The van der Waals surface area contributed by atoms with Gasteiger partial charge in [-0.05, 0) is 31.9 Å². The smallest absolute Gasteiger partial charge is 0.175 e. The standard InChI is InChI=1S/C15H23N5/c1-10(2)16-9-11(3)15-12(4)19-20(13(15)5)14-7-6-8-17-18-14/h6-8,10-11,16H,9H2,1-5H3. The number of hydrogen-bond acceptors (Lipinski definition) is 4. The molecule has 0 saturated heterocycles. The van der Waals surface area contributed by atoms with Crippen molar-refractivity contribution in [3.8, 4) is 5.82 Å². The highest BCUT2D eigenvalue weighted by molar-refractivity contribution is 5.34. The van der Waals surface area contributed by atoms with Crippen molar-refractivity contribution in [1.82, 2.24) is 25.3 Å². The Bertz CT molecular complexity index is 559. The Morgan fingerprint density at radius 3 is 2.60 bits per heavy atom. The van der Waals surface area contributed by atoms with Crippen LogP contribution in [0.1, 0.15) is 43.6 Å². The summed E-state index contributed by atoms with van der Waals surface area (Å²) in [6.45, 7) is 11.7. The molecule has 5 heteroatoms. The van der Waals surface area contributed by atoms with E-state index in [-0.39, 0.29) is 0 Å². The molecule has 1 atom stereocenters. The van der Waals surface area contributed by atoms with E-state index in [9.17, 15) is 0 Å². The third-order valence-corrected chi connectivity index (χ3v) is 3.45. The molecule has 108 valence electrons. The highest BCUT2D eigenvalue weighted by Crippen LogP contribution is 2.24. The maximum absolute atomic E-state index is 4.61. The van der Waals surface area contributed by atoms with Crippen molar-refractivity contribution in [3.05, 3.63) is 35.3 Å². The van der Waals surface area contributed by atoms with Gasteiger partial charge in [-0.3, -0.25) is 0 Å². The maximum Gasteiger partial charge on any atom is 0.175 e. The van der Waals surface area contributed by atoms with Crippen LogP contribution in [-0.2, 0) is 0 Å². The minimum absolute atomic E-state index is 0.419. The van der Waals surface area contributed by atoms with Crippen LogP contribution in [0.4, 0.5) is 0 Å². The lowest BCUT2D eigenvalue weighted by atomic mass is 9.99. The lowest BCUT2D eigenvalue weighted by Gasteiger charge is -2.15. The molecule has 2 heterocycles. The Kier molecular flexibility index (Phi) is 4.49. The first-order valence-corrected chi connectivity index (χ1v) is 7.08. The van der Waals surface area contributed by atoms with Gasteiger partial charge in [-0.25, -0.2) is 4.68 Å². The van der Waals surface area contributed by atoms with E-state index in [1.807, 2.05) is 16.8 Å². The van der Waals surface area contributed by atoms with Crippen LogP contribution >= 0.6 is 0 Å². The molecule has 0 radical (unpaired) electrons. The number of aromatic nitrogens is 4. The van der Waals surface area contributed by atoms with Gasteiger partial charge in [-0.2, -0.15) is 10.2 Å². The van der Waals surface area contributed by atoms with Crippen molar-refractivity contribution in [1.29, 1.82) is 0 Å². The average Bonchev–Trinajstić information content (AvgIpc) is 2.72. The first kappa shape index (κ1) is 14.7. The van der Waals surface area contributed by atoms with Gasteiger partial charge in [0.05, 0.1) is 5.69 Å². The SMILES string of the molecule is Cc1nn(-c2cccnn2)c(C)c1C(C)CNC(C)C. The monoisotopic (exact) mass is 273 g/mol. The van der Waals surface area contributed by atoms with Gasteiger partial charge in [0.15, 0.2) is 5.82 Å². The van der Waals surface area contributed by atoms with Gasteiger partial charge in [0.1, 0.15) is 0 Å². The summed E-state index contributed by atoms with van der Waals surface area (Å²) in [6.07, 6.45) is 1.67. The molecular formula is C15H23N5. The number of nitrogens with one attached hydrogen (secondary N) is 1. The van der Waals surface area contributed by atoms with Crippen molar-refractivity contribution in [2.75, 3.05) is 6.54 Å². The van der Waals surface area contributed by atoms with Crippen molar-refractivity contribution in [2.24, 2.45) is 0 Å². The Hall–Kier alpha value is -1.75. The summed E-state index contributed by atoms with van der Waals surface area (Å²) in [7, 11) is 0. The Morgan fingerprint density at radius 1 is 1.25 bits per heavy atom. The second-order valence-electron chi connectivity index (χ2n) is 5.54. The van der Waals surface area contributed by atoms with E-state index in [1.165, 1.54) is 5.56 Å². The number of hydrogen-bond donors (Lipinski definition) is 1. The van der Waals surface area contributed by atoms with Crippen molar-refractivity contribution < 1.29 is 0 Å². The zero-order chi connectivity index (χ0) is 14.7. The van der Waals surface area contributed by atoms with E-state index >= 15 is 0 Å². The van der Waals surface area contributed by atoms with Gasteiger partial charge < -0.3 is 5.32 Å². The van der Waals surface area contributed by atoms with Gasteiger partial charge >= 0.3 is 0 Å². The number of aryl methyl sites for hydroxylation is 1. The fourth-order valence-electron chi connectivity index (χ4n) is 2.51. The van der Waals surface area contributed by atoms with Crippen LogP contribution in [0.25, 0.3) is 5.82 Å². The molecule has 0 amide bonds. The third kappa shape index (κ3) is 3.04. The molecule has 0 saturated carbocycles. The van der Waals surface area contributed by atoms with E-state index in [0.29, 0.717) is 12.0 Å². The predicted molar refractivity (Wildman–Crippen MR) is 80.2 cm³/mol. The minimum atomic E-state index is 0.419. The number of nitrogens with zero attached hydrogens (tertiary/aromatic N) is 4. The van der Waals surface area contributed by atoms with Crippen molar-refractivity contribution >= 4 is 0 Å². The summed E-state index contributed by atoms with van der Waals surface area (Å²) in [5.74, 6) is 1.19. The molecule has 0 aromatic carbocycles. The van der Waals surface area contributed by atoms with Crippen LogP contribution in [0.3, 0.4) is 0 Å². The van der Waals surface area contributed by atoms with E-state index in [0.717, 1.165) is 23.8 Å². The minimum Gasteiger partial charge on any atom is -0.314 e. The molecule has 2 rings (SSSR count). The quantitative estimate of drug-likeness (QED) is 0.908. The number of rotatable bonds is 5. The molecule has 2 aromatic rings. The van der Waals surface area contributed by atoms with E-state index in [2.05, 4.69) is 55.2 Å². The zero-order valence-corrected chi connectivity index (χ0v) is 12.9. The molecule has 1 N–H and O–H groups in total. The second-order valence-corrected chi connectivity index (χ2v) is 5.54. The van der Waals surface area contributed by atoms with Gasteiger partial charge in [0.2, 0.25) is 0 Å². The summed E-state index contributed by atoms with van der Waals surface area (Å²) >= 11 is 0. The molecule has 0 bridgehead atoms. The molecule has 2 aromatic heterocycles. The van der Waals surface area contributed by atoms with Gasteiger partial charge in [-0.1, -0.05) is 20.8 Å². The fraction of sp³-hybridized carbons (Fsp3) is 0.533. The Balaban J connectivity index is 2.30. The van der Waals surface area contributed by atoms with Crippen molar-refractivity contribution in [3.63, 3.8) is 0 Å². The summed E-state index contributed by atoms with van der Waals surface area (Å²) < 4.78 is 1.88. The van der Waals surface area contributed by atoms with Crippen LogP contribution in [0, 0.1) is 13.8 Å². The first-order chi connectivity index (χ1) is 9.50. The summed E-state index contributed by atoms with van der Waals surface area (Å²) in [5.41, 5.74) is 3.50. The van der Waals surface area contributed by atoms with E-state index < -0.39 is 0 Å². The molecular weight excluding hydrogens is 250 g/mol.